The highest BCUT2D eigenvalue weighted by Crippen LogP contribution is 2.20. The van der Waals surface area contributed by atoms with E-state index in [4.69, 9.17) is 0 Å². The molecule has 0 saturated carbocycles. The summed E-state index contributed by atoms with van der Waals surface area (Å²) in [6, 6.07) is 7.06. The first-order valence-corrected chi connectivity index (χ1v) is 11.3. The van der Waals surface area contributed by atoms with Gasteiger partial charge in [-0.3, -0.25) is 9.89 Å². The van der Waals surface area contributed by atoms with E-state index in [0.717, 1.165) is 63.9 Å². The van der Waals surface area contributed by atoms with Crippen molar-refractivity contribution in [1.29, 1.82) is 0 Å². The summed E-state index contributed by atoms with van der Waals surface area (Å²) in [6.45, 7) is 6.67. The maximum absolute atomic E-state index is 13.9. The van der Waals surface area contributed by atoms with Gasteiger partial charge >= 0.3 is 0 Å². The highest BCUT2D eigenvalue weighted by atomic mass is 127. The molecule has 1 aromatic rings. The van der Waals surface area contributed by atoms with Gasteiger partial charge in [0, 0.05) is 46.3 Å². The van der Waals surface area contributed by atoms with Gasteiger partial charge in [0.1, 0.15) is 5.82 Å². The van der Waals surface area contributed by atoms with Crippen molar-refractivity contribution in [3.8, 4) is 0 Å². The zero-order chi connectivity index (χ0) is 19.3. The minimum absolute atomic E-state index is 0. The standard InChI is InChI=1S/C20H34FN5S.HI/c1-22-20(23-10-5-6-17-27-2)24-11-7-12-25-13-15-26(16-14-25)19-9-4-3-8-18(19)21;/h3-4,8-9H,5-7,10-17H2,1-2H3,(H2,22,23,24);1H. The largest absolute Gasteiger partial charge is 0.367 e. The topological polar surface area (TPSA) is 42.9 Å². The van der Waals surface area contributed by atoms with Crippen LogP contribution in [-0.2, 0) is 0 Å². The number of rotatable bonds is 10. The predicted octanol–water partition coefficient (Wildman–Crippen LogP) is 3.26. The summed E-state index contributed by atoms with van der Waals surface area (Å²) in [5.41, 5.74) is 0.728. The third kappa shape index (κ3) is 9.17. The molecule has 28 heavy (non-hydrogen) atoms. The van der Waals surface area contributed by atoms with Crippen molar-refractivity contribution in [2.45, 2.75) is 19.3 Å². The van der Waals surface area contributed by atoms with Crippen molar-refractivity contribution in [1.82, 2.24) is 15.5 Å². The van der Waals surface area contributed by atoms with Crippen molar-refractivity contribution < 1.29 is 4.39 Å². The van der Waals surface area contributed by atoms with Crippen molar-refractivity contribution in [3.63, 3.8) is 0 Å². The molecule has 8 heteroatoms. The summed E-state index contributed by atoms with van der Waals surface area (Å²) in [6.07, 6.45) is 5.64. The number of anilines is 1. The Hall–Kier alpha value is -0.740. The number of nitrogens with one attached hydrogen (secondary N) is 2. The summed E-state index contributed by atoms with van der Waals surface area (Å²) < 4.78 is 13.9. The highest BCUT2D eigenvalue weighted by molar-refractivity contribution is 14.0. The van der Waals surface area contributed by atoms with Gasteiger partial charge in [-0.1, -0.05) is 12.1 Å². The molecule has 0 bridgehead atoms. The fraction of sp³-hybridized carbons (Fsp3) is 0.650. The molecular formula is C20H35FIN5S. The van der Waals surface area contributed by atoms with Crippen LogP contribution in [0.25, 0.3) is 0 Å². The molecule has 0 unspecified atom stereocenters. The summed E-state index contributed by atoms with van der Waals surface area (Å²) in [5, 5.41) is 6.76. The Kier molecular flexibility index (Phi) is 13.7. The van der Waals surface area contributed by atoms with E-state index >= 15 is 0 Å². The summed E-state index contributed by atoms with van der Waals surface area (Å²) in [4.78, 5) is 8.88. The van der Waals surface area contributed by atoms with Gasteiger partial charge in [-0.25, -0.2) is 4.39 Å². The van der Waals surface area contributed by atoms with Gasteiger partial charge in [0.05, 0.1) is 5.69 Å². The number of piperazine rings is 1. The van der Waals surface area contributed by atoms with E-state index in [9.17, 15) is 4.39 Å². The molecule has 160 valence electrons. The lowest BCUT2D eigenvalue weighted by molar-refractivity contribution is 0.254. The van der Waals surface area contributed by atoms with Crippen LogP contribution in [0.5, 0.6) is 0 Å². The number of halogens is 2. The molecular weight excluding hydrogens is 488 g/mol. The van der Waals surface area contributed by atoms with Gasteiger partial charge in [-0.2, -0.15) is 11.8 Å². The molecule has 0 atom stereocenters. The monoisotopic (exact) mass is 523 g/mol. The van der Waals surface area contributed by atoms with E-state index in [0.29, 0.717) is 0 Å². The number of nitrogens with zero attached hydrogens (tertiary/aromatic N) is 3. The first kappa shape index (κ1) is 25.3. The van der Waals surface area contributed by atoms with E-state index in [1.807, 2.05) is 30.9 Å². The first-order chi connectivity index (χ1) is 13.2. The SMILES string of the molecule is CN=C(NCCCCSC)NCCCN1CCN(c2ccccc2F)CC1.I. The maximum Gasteiger partial charge on any atom is 0.190 e. The molecule has 0 aliphatic carbocycles. The second-order valence-electron chi connectivity index (χ2n) is 6.76. The molecule has 1 aliphatic heterocycles. The van der Waals surface area contributed by atoms with Crippen LogP contribution in [0.1, 0.15) is 19.3 Å². The predicted molar refractivity (Wildman–Crippen MR) is 132 cm³/mol. The third-order valence-electron chi connectivity index (χ3n) is 4.80. The highest BCUT2D eigenvalue weighted by Gasteiger charge is 2.18. The molecule has 0 radical (unpaired) electrons. The average molecular weight is 524 g/mol. The minimum Gasteiger partial charge on any atom is -0.367 e. The molecule has 1 aromatic carbocycles. The van der Waals surface area contributed by atoms with Gasteiger partial charge in [0.15, 0.2) is 5.96 Å². The van der Waals surface area contributed by atoms with Crippen molar-refractivity contribution in [3.05, 3.63) is 30.1 Å². The number of hydrogen-bond acceptors (Lipinski definition) is 4. The third-order valence-corrected chi connectivity index (χ3v) is 5.50. The number of para-hydroxylation sites is 1. The Labute approximate surface area is 190 Å². The van der Waals surface area contributed by atoms with Crippen LogP contribution in [-0.4, -0.2) is 75.7 Å². The molecule has 1 saturated heterocycles. The second kappa shape index (κ2) is 15.1. The van der Waals surface area contributed by atoms with E-state index in [1.165, 1.54) is 24.7 Å². The van der Waals surface area contributed by atoms with E-state index < -0.39 is 0 Å². The summed E-state index contributed by atoms with van der Waals surface area (Å²) >= 11 is 1.90. The van der Waals surface area contributed by atoms with Crippen LogP contribution in [0.15, 0.2) is 29.3 Å². The van der Waals surface area contributed by atoms with E-state index in [2.05, 4.69) is 31.7 Å². The molecule has 0 amide bonds. The van der Waals surface area contributed by atoms with Gasteiger partial charge in [0.2, 0.25) is 0 Å². The zero-order valence-electron chi connectivity index (χ0n) is 17.1. The van der Waals surface area contributed by atoms with Gasteiger partial charge in [0.25, 0.3) is 0 Å². The second-order valence-corrected chi connectivity index (χ2v) is 7.74. The lowest BCUT2D eigenvalue weighted by Crippen LogP contribution is -2.47. The van der Waals surface area contributed by atoms with E-state index in [1.54, 1.807) is 6.07 Å². The molecule has 1 aliphatic rings. The van der Waals surface area contributed by atoms with E-state index in [-0.39, 0.29) is 29.8 Å². The number of unbranched alkanes of at least 4 members (excludes halogenated alkanes) is 1. The molecule has 0 aromatic heterocycles. The lowest BCUT2D eigenvalue weighted by Gasteiger charge is -2.36. The Morgan fingerprint density at radius 3 is 2.39 bits per heavy atom. The van der Waals surface area contributed by atoms with Gasteiger partial charge in [-0.05, 0) is 49.9 Å². The number of aliphatic imine (C=N–C) groups is 1. The smallest absolute Gasteiger partial charge is 0.190 e. The molecule has 2 N–H and O–H groups in total. The molecule has 0 spiro atoms. The fourth-order valence-corrected chi connectivity index (χ4v) is 3.72. The lowest BCUT2D eigenvalue weighted by atomic mass is 10.2. The number of guanidine groups is 1. The van der Waals surface area contributed by atoms with Crippen molar-refractivity contribution in [2.24, 2.45) is 4.99 Å². The van der Waals surface area contributed by atoms with Crippen molar-refractivity contribution >= 4 is 47.4 Å². The Balaban J connectivity index is 0.00000392. The Morgan fingerprint density at radius 2 is 1.75 bits per heavy atom. The van der Waals surface area contributed by atoms with Crippen LogP contribution in [0.2, 0.25) is 0 Å². The number of benzene rings is 1. The Morgan fingerprint density at radius 1 is 1.07 bits per heavy atom. The van der Waals surface area contributed by atoms with Crippen LogP contribution >= 0.6 is 35.7 Å². The number of hydrogen-bond donors (Lipinski definition) is 2. The fourth-order valence-electron chi connectivity index (χ4n) is 3.23. The van der Waals surface area contributed by atoms with Crippen LogP contribution in [0.3, 0.4) is 0 Å². The minimum atomic E-state index is -0.123. The quantitative estimate of drug-likeness (QED) is 0.213. The molecule has 2 rings (SSSR count). The average Bonchev–Trinajstić information content (AvgIpc) is 2.70. The van der Waals surface area contributed by atoms with Gasteiger partial charge in [-0.15, -0.1) is 24.0 Å². The van der Waals surface area contributed by atoms with Crippen LogP contribution < -0.4 is 15.5 Å². The summed E-state index contributed by atoms with van der Waals surface area (Å²) in [5.74, 6) is 1.99. The normalized spacial score (nSPS) is 15.2. The zero-order valence-corrected chi connectivity index (χ0v) is 20.3. The summed E-state index contributed by atoms with van der Waals surface area (Å²) in [7, 11) is 1.82. The molecule has 5 nitrogen and oxygen atoms in total. The maximum atomic E-state index is 13.9. The van der Waals surface area contributed by atoms with Crippen LogP contribution in [0.4, 0.5) is 10.1 Å². The Bertz CT molecular complexity index is 567. The number of thioether (sulfide) groups is 1. The molecule has 1 fully saturated rings. The van der Waals surface area contributed by atoms with Crippen LogP contribution in [0, 0.1) is 5.82 Å². The van der Waals surface area contributed by atoms with Crippen molar-refractivity contribution in [2.75, 3.05) is 69.8 Å². The molecule has 1 heterocycles. The first-order valence-electron chi connectivity index (χ1n) is 9.90. The van der Waals surface area contributed by atoms with Gasteiger partial charge < -0.3 is 15.5 Å².